The lowest BCUT2D eigenvalue weighted by molar-refractivity contribution is 0.170. The third-order valence-corrected chi connectivity index (χ3v) is 4.21. The normalized spacial score (nSPS) is 13.8. The molecule has 0 saturated heterocycles. The van der Waals surface area contributed by atoms with Gasteiger partial charge in [0, 0.05) is 15.5 Å². The van der Waals surface area contributed by atoms with E-state index in [1.165, 1.54) is 0 Å². The van der Waals surface area contributed by atoms with Crippen molar-refractivity contribution in [1.29, 1.82) is 0 Å². The second-order valence-electron chi connectivity index (χ2n) is 5.07. The molecule has 2 N–H and O–H groups in total. The molecule has 2 aromatic rings. The first kappa shape index (κ1) is 16.3. The number of benzene rings is 2. The zero-order valence-corrected chi connectivity index (χ0v) is 14.5. The third kappa shape index (κ3) is 4.22. The molecule has 0 amide bonds. The van der Waals surface area contributed by atoms with E-state index in [-0.39, 0.29) is 12.1 Å². The molecule has 2 atom stereocenters. The number of aryl methyl sites for hydroxylation is 1. The lowest BCUT2D eigenvalue weighted by atomic mass is 10.0. The van der Waals surface area contributed by atoms with Crippen LogP contribution in [-0.4, -0.2) is 6.04 Å². The number of halogens is 2. The van der Waals surface area contributed by atoms with Crippen molar-refractivity contribution in [1.82, 2.24) is 0 Å². The molecule has 0 aliphatic carbocycles. The summed E-state index contributed by atoms with van der Waals surface area (Å²) >= 11 is 9.44. The lowest BCUT2D eigenvalue weighted by Crippen LogP contribution is -2.31. The fourth-order valence-corrected chi connectivity index (χ4v) is 2.57. The predicted molar refractivity (Wildman–Crippen MR) is 92.0 cm³/mol. The van der Waals surface area contributed by atoms with Crippen molar-refractivity contribution < 1.29 is 4.74 Å². The zero-order valence-electron chi connectivity index (χ0n) is 12.1. The summed E-state index contributed by atoms with van der Waals surface area (Å²) in [5.74, 6) is 0.841. The Morgan fingerprint density at radius 2 is 1.86 bits per heavy atom. The highest BCUT2D eigenvalue weighted by molar-refractivity contribution is 9.10. The predicted octanol–water partition coefficient (Wildman–Crippen LogP) is 5.27. The van der Waals surface area contributed by atoms with Gasteiger partial charge in [0.25, 0.3) is 0 Å². The Bertz CT molecular complexity index is 600. The molecular formula is C17H19BrClNO. The number of hydrogen-bond acceptors (Lipinski definition) is 2. The van der Waals surface area contributed by atoms with Crippen molar-refractivity contribution in [3.8, 4) is 5.75 Å². The average Bonchev–Trinajstić information content (AvgIpc) is 2.48. The smallest absolute Gasteiger partial charge is 0.139 e. The second kappa shape index (κ2) is 7.30. The van der Waals surface area contributed by atoms with Crippen LogP contribution in [0.15, 0.2) is 46.9 Å². The van der Waals surface area contributed by atoms with Crippen molar-refractivity contribution in [2.45, 2.75) is 32.4 Å². The summed E-state index contributed by atoms with van der Waals surface area (Å²) in [5.41, 5.74) is 8.37. The van der Waals surface area contributed by atoms with E-state index in [0.29, 0.717) is 5.02 Å². The molecule has 0 aliphatic heterocycles. The molecule has 0 aliphatic rings. The minimum absolute atomic E-state index is 0.0791. The highest BCUT2D eigenvalue weighted by atomic mass is 79.9. The van der Waals surface area contributed by atoms with Gasteiger partial charge >= 0.3 is 0 Å². The van der Waals surface area contributed by atoms with Crippen LogP contribution in [0.4, 0.5) is 0 Å². The van der Waals surface area contributed by atoms with Gasteiger partial charge in [0.05, 0.1) is 0 Å². The molecule has 0 spiro atoms. The van der Waals surface area contributed by atoms with Crippen LogP contribution < -0.4 is 10.5 Å². The van der Waals surface area contributed by atoms with Crippen LogP contribution >= 0.6 is 27.5 Å². The Balaban J connectivity index is 2.32. The summed E-state index contributed by atoms with van der Waals surface area (Å²) in [6, 6.07) is 13.6. The number of rotatable bonds is 5. The van der Waals surface area contributed by atoms with Gasteiger partial charge in [0.2, 0.25) is 0 Å². The molecule has 0 fully saturated rings. The van der Waals surface area contributed by atoms with Gasteiger partial charge in [0.1, 0.15) is 11.9 Å². The quantitative estimate of drug-likeness (QED) is 0.780. The molecule has 2 unspecified atom stereocenters. The van der Waals surface area contributed by atoms with Crippen molar-refractivity contribution in [3.05, 3.63) is 63.1 Å². The van der Waals surface area contributed by atoms with Crippen molar-refractivity contribution in [2.24, 2.45) is 5.73 Å². The van der Waals surface area contributed by atoms with Gasteiger partial charge in [-0.05, 0) is 48.7 Å². The van der Waals surface area contributed by atoms with Gasteiger partial charge in [-0.2, -0.15) is 0 Å². The third-order valence-electron chi connectivity index (χ3n) is 3.46. The van der Waals surface area contributed by atoms with Crippen molar-refractivity contribution in [2.75, 3.05) is 0 Å². The van der Waals surface area contributed by atoms with Gasteiger partial charge in [-0.25, -0.2) is 0 Å². The van der Waals surface area contributed by atoms with Gasteiger partial charge < -0.3 is 10.5 Å². The summed E-state index contributed by atoms with van der Waals surface area (Å²) in [4.78, 5) is 0. The SMILES string of the molecule is CCC(N)C(Oc1cc(Br)ccc1C)c1ccc(Cl)cc1. The van der Waals surface area contributed by atoms with E-state index in [1.807, 2.05) is 49.4 Å². The van der Waals surface area contributed by atoms with Gasteiger partial charge in [-0.15, -0.1) is 0 Å². The number of ether oxygens (including phenoxy) is 1. The minimum atomic E-state index is -0.194. The molecule has 2 aromatic carbocycles. The van der Waals surface area contributed by atoms with Crippen molar-refractivity contribution >= 4 is 27.5 Å². The Kier molecular flexibility index (Phi) is 5.68. The Hall–Kier alpha value is -1.03. The molecule has 112 valence electrons. The lowest BCUT2D eigenvalue weighted by Gasteiger charge is -2.25. The zero-order chi connectivity index (χ0) is 15.4. The van der Waals surface area contributed by atoms with Gasteiger partial charge in [0.15, 0.2) is 0 Å². The van der Waals surface area contributed by atoms with E-state index < -0.39 is 0 Å². The molecule has 0 radical (unpaired) electrons. The summed E-state index contributed by atoms with van der Waals surface area (Å²) in [6.07, 6.45) is 0.639. The number of nitrogens with two attached hydrogens (primary N) is 1. The molecule has 0 bridgehead atoms. The van der Waals surface area contributed by atoms with Crippen LogP contribution in [0.1, 0.15) is 30.6 Å². The number of hydrogen-bond donors (Lipinski definition) is 1. The summed E-state index contributed by atoms with van der Waals surface area (Å²) in [7, 11) is 0. The molecular weight excluding hydrogens is 350 g/mol. The first-order valence-electron chi connectivity index (χ1n) is 6.95. The molecule has 2 nitrogen and oxygen atoms in total. The fraction of sp³-hybridized carbons (Fsp3) is 0.294. The maximum Gasteiger partial charge on any atom is 0.139 e. The van der Waals surface area contributed by atoms with E-state index in [1.54, 1.807) is 0 Å². The van der Waals surface area contributed by atoms with E-state index in [2.05, 4.69) is 22.9 Å². The van der Waals surface area contributed by atoms with Crippen molar-refractivity contribution in [3.63, 3.8) is 0 Å². The highest BCUT2D eigenvalue weighted by Crippen LogP contribution is 2.30. The largest absolute Gasteiger partial charge is 0.484 e. The van der Waals surface area contributed by atoms with Crippen LogP contribution in [0.25, 0.3) is 0 Å². The maximum atomic E-state index is 6.25. The van der Waals surface area contributed by atoms with Crippen LogP contribution in [0.3, 0.4) is 0 Å². The Morgan fingerprint density at radius 1 is 1.19 bits per heavy atom. The summed E-state index contributed by atoms with van der Waals surface area (Å²) in [6.45, 7) is 4.09. The monoisotopic (exact) mass is 367 g/mol. The molecule has 2 rings (SSSR count). The van der Waals surface area contributed by atoms with E-state index in [9.17, 15) is 0 Å². The maximum absolute atomic E-state index is 6.25. The molecule has 0 saturated carbocycles. The second-order valence-corrected chi connectivity index (χ2v) is 6.42. The van der Waals surface area contributed by atoms with E-state index >= 15 is 0 Å². The summed E-state index contributed by atoms with van der Waals surface area (Å²) < 4.78 is 7.20. The van der Waals surface area contributed by atoms with Crippen LogP contribution in [0.5, 0.6) is 5.75 Å². The first-order valence-corrected chi connectivity index (χ1v) is 8.12. The molecule has 0 aromatic heterocycles. The standard InChI is InChI=1S/C17H19BrClNO/c1-3-15(20)17(12-5-8-14(19)9-6-12)21-16-10-13(18)7-4-11(16)2/h4-10,15,17H,3,20H2,1-2H3. The fourth-order valence-electron chi connectivity index (χ4n) is 2.11. The van der Waals surface area contributed by atoms with E-state index in [0.717, 1.165) is 27.8 Å². The average molecular weight is 369 g/mol. The highest BCUT2D eigenvalue weighted by Gasteiger charge is 2.21. The van der Waals surface area contributed by atoms with Crippen LogP contribution in [0.2, 0.25) is 5.02 Å². The minimum Gasteiger partial charge on any atom is -0.484 e. The van der Waals surface area contributed by atoms with Gasteiger partial charge in [-0.1, -0.05) is 52.7 Å². The van der Waals surface area contributed by atoms with Crippen LogP contribution in [-0.2, 0) is 0 Å². The van der Waals surface area contributed by atoms with E-state index in [4.69, 9.17) is 22.1 Å². The Morgan fingerprint density at radius 3 is 2.48 bits per heavy atom. The topological polar surface area (TPSA) is 35.2 Å². The summed E-state index contributed by atoms with van der Waals surface area (Å²) in [5, 5.41) is 0.709. The van der Waals surface area contributed by atoms with Crippen LogP contribution in [0, 0.1) is 6.92 Å². The van der Waals surface area contributed by atoms with Gasteiger partial charge in [-0.3, -0.25) is 0 Å². The first-order chi connectivity index (χ1) is 10.0. The Labute approximate surface area is 139 Å². The molecule has 4 heteroatoms. The molecule has 21 heavy (non-hydrogen) atoms. The molecule has 0 heterocycles.